The minimum absolute atomic E-state index is 0.00176. The van der Waals surface area contributed by atoms with Gasteiger partial charge in [-0.15, -0.1) is 0 Å². The minimum atomic E-state index is -0.913. The molecule has 0 aliphatic heterocycles. The second-order valence-corrected chi connectivity index (χ2v) is 3.27. The third kappa shape index (κ3) is 1.85. The van der Waals surface area contributed by atoms with E-state index >= 15 is 0 Å². The van der Waals surface area contributed by atoms with Gasteiger partial charge in [0.1, 0.15) is 0 Å². The summed E-state index contributed by atoms with van der Waals surface area (Å²) in [6, 6.07) is 2.56. The molecular formula is C8H7F2IO. The summed E-state index contributed by atoms with van der Waals surface area (Å²) in [5, 5.41) is 0. The first-order valence-electron chi connectivity index (χ1n) is 3.43. The molecule has 0 atom stereocenters. The van der Waals surface area contributed by atoms with Gasteiger partial charge in [0.05, 0.1) is 10.2 Å². The van der Waals surface area contributed by atoms with Crippen molar-refractivity contribution in [2.45, 2.75) is 6.92 Å². The van der Waals surface area contributed by atoms with Gasteiger partial charge in [0.25, 0.3) is 0 Å². The highest BCUT2D eigenvalue weighted by Crippen LogP contribution is 2.26. The molecule has 0 fully saturated rings. The molecule has 0 N–H and O–H groups in total. The van der Waals surface area contributed by atoms with Crippen molar-refractivity contribution in [2.75, 3.05) is 6.61 Å². The van der Waals surface area contributed by atoms with Crippen LogP contribution in [0.3, 0.4) is 0 Å². The molecule has 1 nitrogen and oxygen atoms in total. The van der Waals surface area contributed by atoms with Crippen molar-refractivity contribution >= 4 is 22.6 Å². The maximum atomic E-state index is 12.9. The van der Waals surface area contributed by atoms with Gasteiger partial charge in [-0.05, 0) is 41.6 Å². The van der Waals surface area contributed by atoms with Crippen molar-refractivity contribution in [2.24, 2.45) is 0 Å². The van der Waals surface area contributed by atoms with Crippen molar-refractivity contribution in [1.82, 2.24) is 0 Å². The van der Waals surface area contributed by atoms with Crippen LogP contribution in [0.4, 0.5) is 8.78 Å². The summed E-state index contributed by atoms with van der Waals surface area (Å²) in [5.74, 6) is -1.79. The second kappa shape index (κ2) is 4.02. The fourth-order valence-electron chi connectivity index (χ4n) is 0.785. The molecule has 1 rings (SSSR count). The summed E-state index contributed by atoms with van der Waals surface area (Å²) in [5.41, 5.74) is 0. The molecule has 1 aromatic carbocycles. The Balaban J connectivity index is 3.14. The van der Waals surface area contributed by atoms with Crippen LogP contribution in [0.25, 0.3) is 0 Å². The summed E-state index contributed by atoms with van der Waals surface area (Å²) < 4.78 is 31.1. The number of hydrogen-bond donors (Lipinski definition) is 0. The van der Waals surface area contributed by atoms with Crippen LogP contribution >= 0.6 is 22.6 Å². The van der Waals surface area contributed by atoms with E-state index in [1.54, 1.807) is 6.92 Å². The number of benzene rings is 1. The molecule has 0 amide bonds. The monoisotopic (exact) mass is 284 g/mol. The van der Waals surface area contributed by atoms with E-state index in [1.807, 2.05) is 22.6 Å². The molecule has 1 aromatic rings. The summed E-state index contributed by atoms with van der Waals surface area (Å²) in [6.45, 7) is 2.05. The molecule has 0 aliphatic carbocycles. The SMILES string of the molecule is CCOc1c(I)ccc(F)c1F. The number of ether oxygens (including phenoxy) is 1. The van der Waals surface area contributed by atoms with E-state index in [4.69, 9.17) is 4.74 Å². The van der Waals surface area contributed by atoms with Gasteiger partial charge in [-0.1, -0.05) is 0 Å². The fraction of sp³-hybridized carbons (Fsp3) is 0.250. The van der Waals surface area contributed by atoms with Crippen molar-refractivity contribution < 1.29 is 13.5 Å². The van der Waals surface area contributed by atoms with E-state index in [0.29, 0.717) is 10.2 Å². The van der Waals surface area contributed by atoms with E-state index in [-0.39, 0.29) is 5.75 Å². The largest absolute Gasteiger partial charge is 0.490 e. The zero-order valence-corrected chi connectivity index (χ0v) is 8.56. The molecule has 0 aromatic heterocycles. The predicted molar refractivity (Wildman–Crippen MR) is 50.2 cm³/mol. The average molecular weight is 284 g/mol. The highest BCUT2D eigenvalue weighted by atomic mass is 127. The smallest absolute Gasteiger partial charge is 0.201 e. The zero-order chi connectivity index (χ0) is 9.14. The van der Waals surface area contributed by atoms with E-state index in [2.05, 4.69) is 0 Å². The van der Waals surface area contributed by atoms with Gasteiger partial charge in [0.2, 0.25) is 5.82 Å². The predicted octanol–water partition coefficient (Wildman–Crippen LogP) is 2.97. The van der Waals surface area contributed by atoms with Gasteiger partial charge in [-0.2, -0.15) is 4.39 Å². The Kier molecular flexibility index (Phi) is 3.25. The fourth-order valence-corrected chi connectivity index (χ4v) is 1.36. The normalized spacial score (nSPS) is 10.0. The Labute approximate surface area is 82.9 Å². The molecule has 0 saturated carbocycles. The summed E-state index contributed by atoms with van der Waals surface area (Å²) in [4.78, 5) is 0. The molecule has 4 heteroatoms. The second-order valence-electron chi connectivity index (χ2n) is 2.11. The quantitative estimate of drug-likeness (QED) is 0.599. The lowest BCUT2D eigenvalue weighted by molar-refractivity contribution is 0.311. The van der Waals surface area contributed by atoms with Gasteiger partial charge in [-0.25, -0.2) is 4.39 Å². The molecular weight excluding hydrogens is 277 g/mol. The van der Waals surface area contributed by atoms with Crippen LogP contribution in [0.1, 0.15) is 6.92 Å². The Morgan fingerprint density at radius 1 is 1.42 bits per heavy atom. The maximum Gasteiger partial charge on any atom is 0.201 e. The topological polar surface area (TPSA) is 9.23 Å². The molecule has 0 spiro atoms. The first kappa shape index (κ1) is 9.70. The Hall–Kier alpha value is -0.390. The Morgan fingerprint density at radius 3 is 2.67 bits per heavy atom. The van der Waals surface area contributed by atoms with Crippen LogP contribution in [0.15, 0.2) is 12.1 Å². The Morgan fingerprint density at radius 2 is 2.08 bits per heavy atom. The molecule has 0 aliphatic rings. The van der Waals surface area contributed by atoms with Crippen LogP contribution in [0, 0.1) is 15.2 Å². The standard InChI is InChI=1S/C8H7F2IO/c1-2-12-8-6(11)4-3-5(9)7(8)10/h3-4H,2H2,1H3. The van der Waals surface area contributed by atoms with Gasteiger partial charge in [0.15, 0.2) is 11.6 Å². The highest BCUT2D eigenvalue weighted by Gasteiger charge is 2.12. The highest BCUT2D eigenvalue weighted by molar-refractivity contribution is 14.1. The third-order valence-electron chi connectivity index (χ3n) is 1.29. The third-order valence-corrected chi connectivity index (χ3v) is 2.14. The van der Waals surface area contributed by atoms with Crippen LogP contribution in [-0.4, -0.2) is 6.61 Å². The Bertz CT molecular complexity index is 289. The number of rotatable bonds is 2. The molecule has 66 valence electrons. The minimum Gasteiger partial charge on any atom is -0.490 e. The van der Waals surface area contributed by atoms with Crippen molar-refractivity contribution in [3.63, 3.8) is 0 Å². The van der Waals surface area contributed by atoms with Gasteiger partial charge in [-0.3, -0.25) is 0 Å². The molecule has 0 heterocycles. The van der Waals surface area contributed by atoms with E-state index < -0.39 is 11.6 Å². The van der Waals surface area contributed by atoms with Crippen molar-refractivity contribution in [1.29, 1.82) is 0 Å². The molecule has 0 radical (unpaired) electrons. The van der Waals surface area contributed by atoms with Crippen LogP contribution in [0.5, 0.6) is 5.75 Å². The average Bonchev–Trinajstić information content (AvgIpc) is 2.06. The number of hydrogen-bond acceptors (Lipinski definition) is 1. The van der Waals surface area contributed by atoms with E-state index in [1.165, 1.54) is 6.07 Å². The van der Waals surface area contributed by atoms with Crippen LogP contribution in [-0.2, 0) is 0 Å². The van der Waals surface area contributed by atoms with E-state index in [9.17, 15) is 8.78 Å². The molecule has 0 unspecified atom stereocenters. The summed E-state index contributed by atoms with van der Waals surface area (Å²) in [7, 11) is 0. The maximum absolute atomic E-state index is 12.9. The first-order chi connectivity index (χ1) is 5.66. The summed E-state index contributed by atoms with van der Waals surface area (Å²) >= 11 is 1.89. The van der Waals surface area contributed by atoms with Crippen LogP contribution in [0.2, 0.25) is 0 Å². The van der Waals surface area contributed by atoms with Gasteiger partial charge < -0.3 is 4.74 Å². The van der Waals surface area contributed by atoms with E-state index in [0.717, 1.165) is 6.07 Å². The lowest BCUT2D eigenvalue weighted by Crippen LogP contribution is -1.99. The first-order valence-corrected chi connectivity index (χ1v) is 4.51. The zero-order valence-electron chi connectivity index (χ0n) is 6.40. The summed E-state index contributed by atoms with van der Waals surface area (Å²) in [6.07, 6.45) is 0. The lowest BCUT2D eigenvalue weighted by atomic mass is 10.3. The number of halogens is 3. The van der Waals surface area contributed by atoms with Gasteiger partial charge >= 0.3 is 0 Å². The lowest BCUT2D eigenvalue weighted by Gasteiger charge is -2.06. The van der Waals surface area contributed by atoms with Gasteiger partial charge in [0, 0.05) is 0 Å². The van der Waals surface area contributed by atoms with Crippen molar-refractivity contribution in [3.8, 4) is 5.75 Å². The molecule has 12 heavy (non-hydrogen) atoms. The molecule has 0 saturated heterocycles. The molecule has 0 bridgehead atoms. The van der Waals surface area contributed by atoms with Crippen molar-refractivity contribution in [3.05, 3.63) is 27.3 Å². The van der Waals surface area contributed by atoms with Crippen LogP contribution < -0.4 is 4.74 Å².